The van der Waals surface area contributed by atoms with Gasteiger partial charge in [-0.2, -0.15) is 10.3 Å². The molecule has 106 valence electrons. The number of nitrogens with zero attached hydrogens (tertiary/aromatic N) is 2. The highest BCUT2D eigenvalue weighted by atomic mass is 16.7. The highest BCUT2D eigenvalue weighted by molar-refractivity contribution is 5.08. The van der Waals surface area contributed by atoms with Crippen LogP contribution in [0.3, 0.4) is 0 Å². The fourth-order valence-corrected chi connectivity index (χ4v) is 4.79. The first-order valence-corrected chi connectivity index (χ1v) is 8.15. The van der Waals surface area contributed by atoms with Gasteiger partial charge in [-0.3, -0.25) is 4.84 Å². The number of hydroxylamine groups is 2. The molecule has 2 aliphatic heterocycles. The van der Waals surface area contributed by atoms with Gasteiger partial charge in [0.05, 0.1) is 24.1 Å². The quantitative estimate of drug-likeness (QED) is 0.773. The summed E-state index contributed by atoms with van der Waals surface area (Å²) in [6, 6.07) is 2.72. The molecule has 1 saturated carbocycles. The van der Waals surface area contributed by atoms with Gasteiger partial charge < -0.3 is 0 Å². The predicted octanol–water partition coefficient (Wildman–Crippen LogP) is 3.80. The van der Waals surface area contributed by atoms with E-state index in [1.165, 1.54) is 51.4 Å². The van der Waals surface area contributed by atoms with Crippen LogP contribution in [-0.4, -0.2) is 22.7 Å². The van der Waals surface area contributed by atoms with Crippen LogP contribution >= 0.6 is 0 Å². The van der Waals surface area contributed by atoms with Crippen LogP contribution in [0.2, 0.25) is 0 Å². The zero-order valence-corrected chi connectivity index (χ0v) is 12.1. The summed E-state index contributed by atoms with van der Waals surface area (Å²) in [6.45, 7) is 2.28. The van der Waals surface area contributed by atoms with E-state index in [1.807, 2.05) is 0 Å². The molecule has 0 aromatic heterocycles. The third kappa shape index (κ3) is 2.10. The van der Waals surface area contributed by atoms with Crippen molar-refractivity contribution in [1.82, 2.24) is 5.06 Å². The number of hydrogen-bond acceptors (Lipinski definition) is 3. The Labute approximate surface area is 116 Å². The second-order valence-electron chi connectivity index (χ2n) is 6.62. The van der Waals surface area contributed by atoms with E-state index in [1.54, 1.807) is 0 Å². The summed E-state index contributed by atoms with van der Waals surface area (Å²) in [5.74, 6) is 0.725. The second kappa shape index (κ2) is 5.42. The molecule has 3 heteroatoms. The van der Waals surface area contributed by atoms with Crippen molar-refractivity contribution in [3.63, 3.8) is 0 Å². The van der Waals surface area contributed by atoms with Crippen LogP contribution in [0.15, 0.2) is 0 Å². The SMILES string of the molecule is CCCC[C@@H]1[C@@H]2CCC[C@]13CCC[C@@H](CC#N)N3O2. The number of rotatable bonds is 4. The van der Waals surface area contributed by atoms with Crippen molar-refractivity contribution < 1.29 is 4.84 Å². The summed E-state index contributed by atoms with van der Waals surface area (Å²) >= 11 is 0. The Kier molecular flexibility index (Phi) is 3.82. The second-order valence-corrected chi connectivity index (χ2v) is 6.62. The Morgan fingerprint density at radius 2 is 2.11 bits per heavy atom. The number of hydrogen-bond donors (Lipinski definition) is 0. The summed E-state index contributed by atoms with van der Waals surface area (Å²) in [7, 11) is 0. The normalized spacial score (nSPS) is 41.8. The summed E-state index contributed by atoms with van der Waals surface area (Å²) in [5.41, 5.74) is 0.290. The van der Waals surface area contributed by atoms with E-state index in [2.05, 4.69) is 18.1 Å². The average molecular weight is 262 g/mol. The smallest absolute Gasteiger partial charge is 0.0840 e. The molecule has 2 saturated heterocycles. The largest absolute Gasteiger partial charge is 0.294 e. The third-order valence-corrected chi connectivity index (χ3v) is 5.60. The van der Waals surface area contributed by atoms with Crippen molar-refractivity contribution in [2.24, 2.45) is 5.92 Å². The zero-order chi connectivity index (χ0) is 13.3. The maximum Gasteiger partial charge on any atom is 0.0840 e. The van der Waals surface area contributed by atoms with Crippen molar-refractivity contribution >= 4 is 0 Å². The molecule has 0 radical (unpaired) electrons. The van der Waals surface area contributed by atoms with Crippen LogP contribution in [0.4, 0.5) is 0 Å². The lowest BCUT2D eigenvalue weighted by Crippen LogP contribution is -2.55. The van der Waals surface area contributed by atoms with Crippen LogP contribution in [0, 0.1) is 17.2 Å². The summed E-state index contributed by atoms with van der Waals surface area (Å²) in [4.78, 5) is 6.34. The fourth-order valence-electron chi connectivity index (χ4n) is 4.79. The topological polar surface area (TPSA) is 36.3 Å². The molecule has 1 aliphatic carbocycles. The van der Waals surface area contributed by atoms with Gasteiger partial charge in [-0.15, -0.1) is 0 Å². The molecule has 0 aromatic carbocycles. The van der Waals surface area contributed by atoms with Crippen molar-refractivity contribution in [3.05, 3.63) is 0 Å². The van der Waals surface area contributed by atoms with Gasteiger partial charge >= 0.3 is 0 Å². The lowest BCUT2D eigenvalue weighted by atomic mass is 9.66. The first-order chi connectivity index (χ1) is 9.31. The van der Waals surface area contributed by atoms with Gasteiger partial charge in [0.25, 0.3) is 0 Å². The molecule has 0 aromatic rings. The molecule has 0 amide bonds. The van der Waals surface area contributed by atoms with Crippen LogP contribution in [0.5, 0.6) is 0 Å². The van der Waals surface area contributed by atoms with Gasteiger partial charge in [0, 0.05) is 12.0 Å². The molecule has 3 nitrogen and oxygen atoms in total. The summed E-state index contributed by atoms with van der Waals surface area (Å²) < 4.78 is 0. The van der Waals surface area contributed by atoms with E-state index >= 15 is 0 Å². The van der Waals surface area contributed by atoms with E-state index in [0.29, 0.717) is 18.6 Å². The van der Waals surface area contributed by atoms with Crippen molar-refractivity contribution in [2.75, 3.05) is 0 Å². The minimum atomic E-state index is 0.290. The van der Waals surface area contributed by atoms with E-state index in [-0.39, 0.29) is 5.54 Å². The third-order valence-electron chi connectivity index (χ3n) is 5.60. The van der Waals surface area contributed by atoms with Crippen LogP contribution in [-0.2, 0) is 4.84 Å². The zero-order valence-electron chi connectivity index (χ0n) is 12.1. The Hall–Kier alpha value is -0.590. The van der Waals surface area contributed by atoms with Crippen LogP contribution < -0.4 is 0 Å². The number of fused-ring (bicyclic) bond motifs is 1. The minimum Gasteiger partial charge on any atom is -0.294 e. The van der Waals surface area contributed by atoms with Crippen molar-refractivity contribution in [2.45, 2.75) is 88.8 Å². The van der Waals surface area contributed by atoms with Gasteiger partial charge in [0.2, 0.25) is 0 Å². The van der Waals surface area contributed by atoms with E-state index in [4.69, 9.17) is 10.1 Å². The molecule has 3 fully saturated rings. The molecule has 2 bridgehead atoms. The van der Waals surface area contributed by atoms with Gasteiger partial charge in [0.15, 0.2) is 0 Å². The van der Waals surface area contributed by atoms with Gasteiger partial charge in [-0.1, -0.05) is 19.8 Å². The molecule has 3 rings (SSSR count). The standard InChI is InChI=1S/C16H26N2O/c1-2-3-7-14-15-8-5-11-16(14)10-4-6-13(9-12-17)18(16)19-15/h13-15H,2-11H2,1H3/t13-,14+,15-,16+/m0/s1. The molecule has 4 atom stereocenters. The summed E-state index contributed by atoms with van der Waals surface area (Å²) in [6.07, 6.45) is 12.5. The molecular formula is C16H26N2O. The molecule has 3 aliphatic rings. The number of unbranched alkanes of at least 4 members (excludes halogenated alkanes) is 1. The molecule has 0 N–H and O–H groups in total. The van der Waals surface area contributed by atoms with Gasteiger partial charge in [-0.05, 0) is 44.9 Å². The highest BCUT2D eigenvalue weighted by Crippen LogP contribution is 2.54. The van der Waals surface area contributed by atoms with Gasteiger partial charge in [0.1, 0.15) is 0 Å². The molecule has 19 heavy (non-hydrogen) atoms. The first-order valence-electron chi connectivity index (χ1n) is 8.15. The van der Waals surface area contributed by atoms with E-state index in [9.17, 15) is 0 Å². The van der Waals surface area contributed by atoms with E-state index in [0.717, 1.165) is 12.3 Å². The molecule has 1 spiro atoms. The molecule has 2 heterocycles. The Morgan fingerprint density at radius 1 is 1.32 bits per heavy atom. The average Bonchev–Trinajstić information content (AvgIpc) is 2.59. The van der Waals surface area contributed by atoms with Crippen LogP contribution in [0.25, 0.3) is 0 Å². The number of piperidine rings is 1. The lowest BCUT2D eigenvalue weighted by Gasteiger charge is -2.48. The fraction of sp³-hybridized carbons (Fsp3) is 0.938. The Morgan fingerprint density at radius 3 is 2.84 bits per heavy atom. The highest BCUT2D eigenvalue weighted by Gasteiger charge is 2.59. The monoisotopic (exact) mass is 262 g/mol. The predicted molar refractivity (Wildman–Crippen MR) is 74.2 cm³/mol. The maximum atomic E-state index is 9.05. The molecule has 0 unspecified atom stereocenters. The Bertz CT molecular complexity index is 360. The lowest BCUT2D eigenvalue weighted by molar-refractivity contribution is -0.220. The van der Waals surface area contributed by atoms with Crippen LogP contribution in [0.1, 0.15) is 71.1 Å². The molecular weight excluding hydrogens is 236 g/mol. The first kappa shape index (κ1) is 13.4. The minimum absolute atomic E-state index is 0.290. The Balaban J connectivity index is 1.83. The maximum absolute atomic E-state index is 9.05. The van der Waals surface area contributed by atoms with E-state index < -0.39 is 0 Å². The van der Waals surface area contributed by atoms with Crippen molar-refractivity contribution in [1.29, 1.82) is 5.26 Å². The van der Waals surface area contributed by atoms with Gasteiger partial charge in [-0.25, -0.2) is 0 Å². The summed E-state index contributed by atoms with van der Waals surface area (Å²) in [5, 5.41) is 11.4. The number of nitriles is 1. The van der Waals surface area contributed by atoms with Crippen molar-refractivity contribution in [3.8, 4) is 6.07 Å².